The van der Waals surface area contributed by atoms with Gasteiger partial charge in [0.2, 0.25) is 0 Å². The Bertz CT molecular complexity index is 879. The van der Waals surface area contributed by atoms with Gasteiger partial charge in [-0.05, 0) is 36.4 Å². The van der Waals surface area contributed by atoms with Crippen LogP contribution in [0.3, 0.4) is 0 Å². The molecule has 0 bridgehead atoms. The van der Waals surface area contributed by atoms with E-state index in [1.807, 2.05) is 0 Å². The summed E-state index contributed by atoms with van der Waals surface area (Å²) in [5, 5.41) is 2.63. The second-order valence-electron chi connectivity index (χ2n) is 5.46. The van der Waals surface area contributed by atoms with Gasteiger partial charge in [0.15, 0.2) is 0 Å². The lowest BCUT2D eigenvalue weighted by Crippen LogP contribution is -2.25. The molecule has 0 fully saturated rings. The SMILES string of the molecule is C=CCNC(=O)c1ccccc1NS(=O)(=O)c1ccc(OCCOC)cc1. The minimum Gasteiger partial charge on any atom is -0.491 e. The van der Waals surface area contributed by atoms with Gasteiger partial charge >= 0.3 is 0 Å². The third kappa shape index (κ3) is 5.83. The first-order valence-corrected chi connectivity index (χ1v) is 9.69. The molecule has 0 atom stereocenters. The molecule has 2 N–H and O–H groups in total. The number of sulfonamides is 1. The van der Waals surface area contributed by atoms with Crippen LogP contribution in [0.1, 0.15) is 10.4 Å². The van der Waals surface area contributed by atoms with Crippen molar-refractivity contribution in [2.45, 2.75) is 4.90 Å². The Balaban J connectivity index is 2.16. The van der Waals surface area contributed by atoms with E-state index in [1.165, 1.54) is 18.2 Å². The van der Waals surface area contributed by atoms with Crippen molar-refractivity contribution >= 4 is 21.6 Å². The predicted molar refractivity (Wildman–Crippen MR) is 104 cm³/mol. The maximum atomic E-state index is 12.6. The van der Waals surface area contributed by atoms with Crippen molar-refractivity contribution in [3.05, 3.63) is 66.7 Å². The van der Waals surface area contributed by atoms with Crippen molar-refractivity contribution in [1.82, 2.24) is 5.32 Å². The molecular weight excluding hydrogens is 368 g/mol. The molecule has 0 saturated carbocycles. The summed E-state index contributed by atoms with van der Waals surface area (Å²) >= 11 is 0. The first-order valence-electron chi connectivity index (χ1n) is 8.20. The van der Waals surface area contributed by atoms with E-state index in [1.54, 1.807) is 43.5 Å². The first kappa shape index (κ1) is 20.5. The van der Waals surface area contributed by atoms with E-state index in [-0.39, 0.29) is 22.7 Å². The Labute approximate surface area is 159 Å². The van der Waals surface area contributed by atoms with Gasteiger partial charge in [-0.1, -0.05) is 18.2 Å². The maximum Gasteiger partial charge on any atom is 0.261 e. The molecule has 144 valence electrons. The number of hydrogen-bond acceptors (Lipinski definition) is 5. The van der Waals surface area contributed by atoms with Gasteiger partial charge in [-0.3, -0.25) is 9.52 Å². The van der Waals surface area contributed by atoms with E-state index in [0.717, 1.165) is 0 Å². The van der Waals surface area contributed by atoms with E-state index >= 15 is 0 Å². The molecule has 0 heterocycles. The van der Waals surface area contributed by atoms with Crippen LogP contribution in [-0.2, 0) is 14.8 Å². The average molecular weight is 390 g/mol. The standard InChI is InChI=1S/C19H22N2O5S/c1-3-12-20-19(22)17-6-4-5-7-18(17)21-27(23,24)16-10-8-15(9-11-16)26-14-13-25-2/h3-11,21H,1,12-14H2,2H3,(H,20,22). The van der Waals surface area contributed by atoms with Crippen LogP contribution in [0.15, 0.2) is 66.1 Å². The van der Waals surface area contributed by atoms with Crippen LogP contribution in [0.25, 0.3) is 0 Å². The quantitative estimate of drug-likeness (QED) is 0.480. The van der Waals surface area contributed by atoms with Gasteiger partial charge in [0.1, 0.15) is 12.4 Å². The largest absolute Gasteiger partial charge is 0.491 e. The summed E-state index contributed by atoms with van der Waals surface area (Å²) in [6.07, 6.45) is 1.54. The Kier molecular flexibility index (Phi) is 7.39. The van der Waals surface area contributed by atoms with Crippen LogP contribution in [0.5, 0.6) is 5.75 Å². The number of benzene rings is 2. The summed E-state index contributed by atoms with van der Waals surface area (Å²) in [4.78, 5) is 12.3. The number of nitrogens with one attached hydrogen (secondary N) is 2. The molecule has 2 rings (SSSR count). The molecule has 0 aliphatic carbocycles. The first-order chi connectivity index (χ1) is 13.0. The number of para-hydroxylation sites is 1. The van der Waals surface area contributed by atoms with Crippen LogP contribution < -0.4 is 14.8 Å². The summed E-state index contributed by atoms with van der Waals surface area (Å²) in [5.74, 6) is 0.144. The van der Waals surface area contributed by atoms with Crippen molar-refractivity contribution in [1.29, 1.82) is 0 Å². The number of methoxy groups -OCH3 is 1. The summed E-state index contributed by atoms with van der Waals surface area (Å²) < 4.78 is 38.1. The molecule has 0 aliphatic rings. The van der Waals surface area contributed by atoms with Gasteiger partial charge in [-0.25, -0.2) is 8.42 Å². The molecule has 0 aliphatic heterocycles. The fourth-order valence-corrected chi connectivity index (χ4v) is 3.27. The molecule has 0 radical (unpaired) electrons. The Morgan fingerprint density at radius 2 is 1.81 bits per heavy atom. The monoisotopic (exact) mass is 390 g/mol. The average Bonchev–Trinajstić information content (AvgIpc) is 2.67. The Morgan fingerprint density at radius 1 is 1.11 bits per heavy atom. The normalized spacial score (nSPS) is 10.9. The fourth-order valence-electron chi connectivity index (χ4n) is 2.19. The van der Waals surface area contributed by atoms with Gasteiger partial charge in [-0.2, -0.15) is 0 Å². The van der Waals surface area contributed by atoms with Crippen molar-refractivity contribution < 1.29 is 22.7 Å². The highest BCUT2D eigenvalue weighted by Gasteiger charge is 2.18. The van der Waals surface area contributed by atoms with Crippen molar-refractivity contribution in [2.24, 2.45) is 0 Å². The fraction of sp³-hybridized carbons (Fsp3) is 0.211. The van der Waals surface area contributed by atoms with Gasteiger partial charge in [-0.15, -0.1) is 6.58 Å². The number of ether oxygens (including phenoxy) is 2. The molecule has 0 saturated heterocycles. The number of amides is 1. The third-order valence-corrected chi connectivity index (χ3v) is 4.89. The number of carbonyl (C=O) groups is 1. The number of rotatable bonds is 10. The summed E-state index contributed by atoms with van der Waals surface area (Å²) in [6, 6.07) is 12.4. The molecule has 0 unspecified atom stereocenters. The summed E-state index contributed by atoms with van der Waals surface area (Å²) in [7, 11) is -2.29. The minimum absolute atomic E-state index is 0.0582. The second-order valence-corrected chi connectivity index (χ2v) is 7.14. The van der Waals surface area contributed by atoms with Gasteiger partial charge < -0.3 is 14.8 Å². The molecule has 27 heavy (non-hydrogen) atoms. The van der Waals surface area contributed by atoms with Gasteiger partial charge in [0.25, 0.3) is 15.9 Å². The van der Waals surface area contributed by atoms with E-state index in [9.17, 15) is 13.2 Å². The van der Waals surface area contributed by atoms with E-state index in [4.69, 9.17) is 9.47 Å². The molecule has 0 spiro atoms. The van der Waals surface area contributed by atoms with Crippen LogP contribution >= 0.6 is 0 Å². The van der Waals surface area contributed by atoms with Gasteiger partial charge in [0.05, 0.1) is 22.8 Å². The molecular formula is C19H22N2O5S. The lowest BCUT2D eigenvalue weighted by Gasteiger charge is -2.13. The summed E-state index contributed by atoms with van der Waals surface area (Å²) in [6.45, 7) is 4.62. The van der Waals surface area contributed by atoms with Crippen molar-refractivity contribution in [3.63, 3.8) is 0 Å². The lowest BCUT2D eigenvalue weighted by atomic mass is 10.1. The highest BCUT2D eigenvalue weighted by atomic mass is 32.2. The Morgan fingerprint density at radius 3 is 2.48 bits per heavy atom. The molecule has 2 aromatic rings. The maximum absolute atomic E-state index is 12.6. The van der Waals surface area contributed by atoms with Crippen molar-refractivity contribution in [2.75, 3.05) is 31.6 Å². The zero-order valence-electron chi connectivity index (χ0n) is 15.0. The lowest BCUT2D eigenvalue weighted by molar-refractivity contribution is 0.0959. The molecule has 8 heteroatoms. The highest BCUT2D eigenvalue weighted by Crippen LogP contribution is 2.22. The number of carbonyl (C=O) groups excluding carboxylic acids is 1. The Hall–Kier alpha value is -2.84. The van der Waals surface area contributed by atoms with E-state index < -0.39 is 15.9 Å². The highest BCUT2D eigenvalue weighted by molar-refractivity contribution is 7.92. The topological polar surface area (TPSA) is 93.7 Å². The van der Waals surface area contributed by atoms with E-state index in [2.05, 4.69) is 16.6 Å². The predicted octanol–water partition coefficient (Wildman–Crippen LogP) is 2.43. The number of anilines is 1. The van der Waals surface area contributed by atoms with Crippen molar-refractivity contribution in [3.8, 4) is 5.75 Å². The summed E-state index contributed by atoms with van der Waals surface area (Å²) in [5.41, 5.74) is 0.418. The molecule has 0 aromatic heterocycles. The second kappa shape index (κ2) is 9.75. The third-order valence-electron chi connectivity index (χ3n) is 3.51. The van der Waals surface area contributed by atoms with E-state index in [0.29, 0.717) is 19.0 Å². The zero-order chi connectivity index (χ0) is 19.7. The van der Waals surface area contributed by atoms with Crippen LogP contribution in [0.4, 0.5) is 5.69 Å². The molecule has 2 aromatic carbocycles. The smallest absolute Gasteiger partial charge is 0.261 e. The molecule has 1 amide bonds. The van der Waals surface area contributed by atoms with Crippen LogP contribution in [-0.4, -0.2) is 41.2 Å². The minimum atomic E-state index is -3.86. The van der Waals surface area contributed by atoms with Crippen LogP contribution in [0, 0.1) is 0 Å². The van der Waals surface area contributed by atoms with Crippen LogP contribution in [0.2, 0.25) is 0 Å². The molecule has 7 nitrogen and oxygen atoms in total. The zero-order valence-corrected chi connectivity index (χ0v) is 15.8. The number of hydrogen-bond donors (Lipinski definition) is 2. The van der Waals surface area contributed by atoms with Gasteiger partial charge in [0, 0.05) is 13.7 Å².